The fourth-order valence-corrected chi connectivity index (χ4v) is 70.7. The Morgan fingerprint density at radius 1 is 0.732 bits per heavy atom. The van der Waals surface area contributed by atoms with Crippen molar-refractivity contribution < 1.29 is 13.8 Å². The van der Waals surface area contributed by atoms with Gasteiger partial charge in [0.25, 0.3) is 0 Å². The molecule has 0 N–H and O–H groups in total. The predicted molar refractivity (Wildman–Crippen MR) is 182 cm³/mol. The normalized spacial score (nSPS) is 19.9. The van der Waals surface area contributed by atoms with Crippen LogP contribution in [0.5, 0.6) is 0 Å². The van der Waals surface area contributed by atoms with Crippen LogP contribution in [0.15, 0.2) is 109 Å². The topological polar surface area (TPSA) is 0 Å². The monoisotopic (exact) mass is 762 g/mol. The van der Waals surface area contributed by atoms with Crippen LogP contribution in [0.3, 0.4) is 0 Å². The third kappa shape index (κ3) is 3.93. The summed E-state index contributed by atoms with van der Waals surface area (Å²) in [6.07, 6.45) is 7.03. The van der Waals surface area contributed by atoms with E-state index in [-0.39, 0.29) is 12.8 Å². The summed E-state index contributed by atoms with van der Waals surface area (Å²) in [5.74, 6) is -1.81. The molecule has 0 bridgehead atoms. The summed E-state index contributed by atoms with van der Waals surface area (Å²) in [6.45, 7) is 13.9. The van der Waals surface area contributed by atoms with Crippen LogP contribution in [0.1, 0.15) is 62.9 Å². The Morgan fingerprint density at radius 3 is 2.02 bits per heavy atom. The summed E-state index contributed by atoms with van der Waals surface area (Å²) in [7, 11) is 17.8. The van der Waals surface area contributed by atoms with Crippen LogP contribution >= 0.6 is 17.2 Å². The summed E-state index contributed by atoms with van der Waals surface area (Å²) in [6, 6.07) is 35.5. The molecule has 0 saturated heterocycles. The van der Waals surface area contributed by atoms with Crippen LogP contribution in [0.25, 0.3) is 23.3 Å². The Bertz CT molecular complexity index is 1730. The number of hydrogen-bond donors (Lipinski definition) is 0. The molecule has 2 aliphatic rings. The summed E-state index contributed by atoms with van der Waals surface area (Å²) in [4.78, 5) is 0. The van der Waals surface area contributed by atoms with E-state index in [0.29, 0.717) is 0 Å². The number of halogens is 2. The third-order valence-corrected chi connectivity index (χ3v) is 105. The SMILES string of the molecule is CC1=Cc2c(-c3ccc(C(C)(C)C)cc3)cccc2[CH]1[Hf]([Cl])([Cl])([c]1ccccc1)([CH]1C=Cc2ccccc21)[SiH](C)C. The van der Waals surface area contributed by atoms with Gasteiger partial charge in [0.15, 0.2) is 0 Å². The molecule has 2 aliphatic carbocycles. The molecule has 41 heavy (non-hydrogen) atoms. The Labute approximate surface area is 251 Å². The van der Waals surface area contributed by atoms with E-state index in [1.54, 1.807) is 0 Å². The van der Waals surface area contributed by atoms with Crippen LogP contribution in [0.2, 0.25) is 13.1 Å². The van der Waals surface area contributed by atoms with E-state index in [9.17, 15) is 0 Å². The molecule has 4 aromatic rings. The number of hydrogen-bond acceptors (Lipinski definition) is 0. The van der Waals surface area contributed by atoms with Gasteiger partial charge >= 0.3 is 254 Å². The Morgan fingerprint density at radius 2 is 1.37 bits per heavy atom. The first-order valence-electron chi connectivity index (χ1n) is 14.9. The number of fused-ring (bicyclic) bond motifs is 2. The Hall–Kier alpha value is -1.97. The van der Waals surface area contributed by atoms with E-state index < -0.39 is 19.8 Å². The van der Waals surface area contributed by atoms with Crippen LogP contribution in [-0.2, 0) is 19.2 Å². The molecule has 2 unspecified atom stereocenters. The second kappa shape index (κ2) is 9.51. The first kappa shape index (κ1) is 29.1. The van der Waals surface area contributed by atoms with Crippen molar-refractivity contribution in [2.75, 3.05) is 0 Å². The molecule has 0 radical (unpaired) electrons. The summed E-state index contributed by atoms with van der Waals surface area (Å²) >= 11 is -5.81. The molecule has 6 rings (SSSR count). The average molecular weight is 762 g/mol. The zero-order chi connectivity index (χ0) is 29.3. The molecule has 0 spiro atoms. The fourth-order valence-electron chi connectivity index (χ4n) is 8.14. The molecule has 4 heteroatoms. The standard InChI is InChI=1S/C20H21.C9H7.C6H5.C2H7Si.2ClH.Hf/c1-14-12-16-6-5-7-18(19(16)13-14)15-8-10-17(11-9-15)20(2,3)4;1-2-5-9-7-3-6-8(9)4-1;1-2-4-6-5-3-1;1-3-2;;;/h5-13H,1-4H3;1-7H;1-5H;3H,1-2H3;2*1H;/q;;;;;;+2/p-2. The Balaban J connectivity index is 1.65. The summed E-state index contributed by atoms with van der Waals surface area (Å²) < 4.78 is 1.17. The first-order chi connectivity index (χ1) is 19.3. The Kier molecular flexibility index (Phi) is 6.76. The average Bonchev–Trinajstić information content (AvgIpc) is 3.55. The van der Waals surface area contributed by atoms with Crippen molar-refractivity contribution in [3.8, 4) is 11.1 Å². The van der Waals surface area contributed by atoms with Crippen molar-refractivity contribution >= 4 is 38.6 Å². The van der Waals surface area contributed by atoms with Gasteiger partial charge in [-0.1, -0.05) is 0 Å². The molecular weight excluding hydrogens is 722 g/mol. The van der Waals surface area contributed by atoms with Gasteiger partial charge in [-0.05, 0) is 0 Å². The molecule has 4 aromatic carbocycles. The van der Waals surface area contributed by atoms with E-state index in [1.165, 1.54) is 47.8 Å². The van der Waals surface area contributed by atoms with Gasteiger partial charge in [-0.25, -0.2) is 0 Å². The van der Waals surface area contributed by atoms with Gasteiger partial charge < -0.3 is 0 Å². The van der Waals surface area contributed by atoms with Crippen molar-refractivity contribution in [1.82, 2.24) is 0 Å². The quantitative estimate of drug-likeness (QED) is 0.178. The van der Waals surface area contributed by atoms with Crippen molar-refractivity contribution in [1.29, 1.82) is 0 Å². The van der Waals surface area contributed by atoms with E-state index in [1.807, 2.05) is 0 Å². The second-order valence-electron chi connectivity index (χ2n) is 13.8. The van der Waals surface area contributed by atoms with E-state index in [0.717, 1.165) is 0 Å². The summed E-state index contributed by atoms with van der Waals surface area (Å²) in [5.41, 5.74) is 10.4. The minimum absolute atomic E-state index is 0.00683. The summed E-state index contributed by atoms with van der Waals surface area (Å²) in [5, 5.41) is 0. The predicted octanol–water partition coefficient (Wildman–Crippen LogP) is 10.7. The maximum absolute atomic E-state index is 8.89. The van der Waals surface area contributed by atoms with Crippen LogP contribution in [0, 0.1) is 0 Å². The van der Waals surface area contributed by atoms with E-state index in [2.05, 4.69) is 156 Å². The van der Waals surface area contributed by atoms with Gasteiger partial charge in [-0.2, -0.15) is 0 Å². The van der Waals surface area contributed by atoms with Gasteiger partial charge in [0.05, 0.1) is 0 Å². The van der Waals surface area contributed by atoms with E-state index >= 15 is 0 Å². The maximum atomic E-state index is 8.89. The third-order valence-electron chi connectivity index (χ3n) is 10.5. The van der Waals surface area contributed by atoms with Crippen molar-refractivity contribution in [3.63, 3.8) is 0 Å². The molecule has 0 nitrogen and oxygen atoms in total. The van der Waals surface area contributed by atoms with E-state index in [4.69, 9.17) is 17.2 Å². The molecule has 0 aromatic heterocycles. The molecule has 210 valence electrons. The zero-order valence-electron chi connectivity index (χ0n) is 25.0. The second-order valence-corrected chi connectivity index (χ2v) is 85.2. The zero-order valence-corrected chi connectivity index (χ0v) is 31.2. The molecule has 0 heterocycles. The van der Waals surface area contributed by atoms with Crippen molar-refractivity contribution in [2.24, 2.45) is 0 Å². The molecular formula is C37H40Cl2HfSi. The van der Waals surface area contributed by atoms with Gasteiger partial charge in [0.2, 0.25) is 0 Å². The number of allylic oxidation sites excluding steroid dienone is 2. The van der Waals surface area contributed by atoms with Gasteiger partial charge in [0, 0.05) is 0 Å². The molecule has 0 fully saturated rings. The van der Waals surface area contributed by atoms with Crippen molar-refractivity contribution in [2.45, 2.75) is 53.6 Å². The van der Waals surface area contributed by atoms with Crippen LogP contribution in [-0.4, -0.2) is 5.98 Å². The van der Waals surface area contributed by atoms with Gasteiger partial charge in [-0.15, -0.1) is 0 Å². The molecule has 0 aliphatic heterocycles. The molecule has 0 amide bonds. The fraction of sp³-hybridized carbons (Fsp3) is 0.243. The molecule has 2 atom stereocenters. The van der Waals surface area contributed by atoms with Gasteiger partial charge in [0.1, 0.15) is 0 Å². The number of benzene rings is 4. The van der Waals surface area contributed by atoms with Crippen LogP contribution in [0.4, 0.5) is 0 Å². The van der Waals surface area contributed by atoms with Gasteiger partial charge in [-0.3, -0.25) is 0 Å². The minimum atomic E-state index is -5.81. The van der Waals surface area contributed by atoms with Crippen molar-refractivity contribution in [3.05, 3.63) is 137 Å². The first-order valence-corrected chi connectivity index (χ1v) is 38.8. The van der Waals surface area contributed by atoms with Crippen LogP contribution < -0.4 is 3.32 Å². The molecule has 0 saturated carbocycles. The number of rotatable bonds is 5.